The van der Waals surface area contributed by atoms with Crippen molar-refractivity contribution in [1.82, 2.24) is 0 Å². The first-order valence-corrected chi connectivity index (χ1v) is 4.94. The second kappa shape index (κ2) is 5.73. The highest BCUT2D eigenvalue weighted by atomic mass is 35.5. The van der Waals surface area contributed by atoms with Gasteiger partial charge in [0.25, 0.3) is 0 Å². The van der Waals surface area contributed by atoms with Crippen LogP contribution < -0.4 is 0 Å². The number of Topliss-reactive ketones (excluding diaryl/α,β-unsaturated/α-hetero) is 1. The molecule has 0 aliphatic carbocycles. The van der Waals surface area contributed by atoms with Gasteiger partial charge in [-0.15, -0.1) is 0 Å². The largest absolute Gasteiger partial charge is 0.399 e. The number of carbonyl (C=O) groups is 1. The van der Waals surface area contributed by atoms with E-state index in [-0.39, 0.29) is 12.2 Å². The SMILES string of the molecule is CON=CCC(=O)c1ccc(Cl)c(Cl)c1. The van der Waals surface area contributed by atoms with Gasteiger partial charge >= 0.3 is 0 Å². The lowest BCUT2D eigenvalue weighted by atomic mass is 10.1. The topological polar surface area (TPSA) is 38.7 Å². The molecule has 0 heterocycles. The molecule has 0 radical (unpaired) electrons. The summed E-state index contributed by atoms with van der Waals surface area (Å²) in [4.78, 5) is 16.0. The van der Waals surface area contributed by atoms with Gasteiger partial charge in [0.15, 0.2) is 5.78 Å². The number of oxime groups is 1. The minimum absolute atomic E-state index is 0.0885. The first-order valence-electron chi connectivity index (χ1n) is 4.18. The van der Waals surface area contributed by atoms with Gasteiger partial charge in [-0.25, -0.2) is 0 Å². The van der Waals surface area contributed by atoms with Crippen LogP contribution >= 0.6 is 23.2 Å². The number of hydrogen-bond acceptors (Lipinski definition) is 3. The van der Waals surface area contributed by atoms with Gasteiger partial charge in [-0.1, -0.05) is 28.4 Å². The summed E-state index contributed by atoms with van der Waals surface area (Å²) in [5.41, 5.74) is 0.506. The predicted octanol–water partition coefficient (Wildman–Crippen LogP) is 3.20. The molecule has 0 spiro atoms. The fraction of sp³-hybridized carbons (Fsp3) is 0.200. The van der Waals surface area contributed by atoms with Gasteiger partial charge in [-0.05, 0) is 18.2 Å². The molecule has 0 atom stereocenters. The Morgan fingerprint density at radius 3 is 2.80 bits per heavy atom. The smallest absolute Gasteiger partial charge is 0.168 e. The summed E-state index contributed by atoms with van der Waals surface area (Å²) in [5, 5.41) is 4.27. The molecule has 3 nitrogen and oxygen atoms in total. The Kier molecular flexibility index (Phi) is 4.59. The lowest BCUT2D eigenvalue weighted by Gasteiger charge is -1.99. The molecule has 0 bridgehead atoms. The third-order valence-corrected chi connectivity index (χ3v) is 2.44. The van der Waals surface area contributed by atoms with Crippen molar-refractivity contribution in [2.45, 2.75) is 6.42 Å². The van der Waals surface area contributed by atoms with E-state index in [0.717, 1.165) is 0 Å². The van der Waals surface area contributed by atoms with Crippen molar-refractivity contribution in [2.24, 2.45) is 5.16 Å². The highest BCUT2D eigenvalue weighted by Crippen LogP contribution is 2.22. The molecule has 15 heavy (non-hydrogen) atoms. The van der Waals surface area contributed by atoms with Crippen molar-refractivity contribution in [2.75, 3.05) is 7.11 Å². The second-order valence-electron chi connectivity index (χ2n) is 2.73. The summed E-state index contributed by atoms with van der Waals surface area (Å²) >= 11 is 11.5. The van der Waals surface area contributed by atoms with Gasteiger partial charge in [0.2, 0.25) is 0 Å². The van der Waals surface area contributed by atoms with Crippen LogP contribution in [0.3, 0.4) is 0 Å². The van der Waals surface area contributed by atoms with Gasteiger partial charge in [-0.3, -0.25) is 4.79 Å². The number of halogens is 2. The molecule has 0 unspecified atom stereocenters. The lowest BCUT2D eigenvalue weighted by Crippen LogP contribution is -1.99. The Morgan fingerprint density at radius 1 is 1.47 bits per heavy atom. The molecular weight excluding hydrogens is 237 g/mol. The van der Waals surface area contributed by atoms with Gasteiger partial charge < -0.3 is 4.84 Å². The molecule has 1 rings (SSSR count). The number of rotatable bonds is 4. The molecular formula is C10H9Cl2NO2. The zero-order valence-electron chi connectivity index (χ0n) is 8.04. The summed E-state index contributed by atoms with van der Waals surface area (Å²) in [5.74, 6) is -0.0885. The first kappa shape index (κ1) is 12.0. The molecule has 0 aliphatic rings. The maximum absolute atomic E-state index is 11.5. The predicted molar refractivity (Wildman–Crippen MR) is 60.9 cm³/mol. The van der Waals surface area contributed by atoms with Crippen LogP contribution in [0, 0.1) is 0 Å². The van der Waals surface area contributed by atoms with Crippen molar-refractivity contribution in [3.05, 3.63) is 33.8 Å². The van der Waals surface area contributed by atoms with Crippen LogP contribution in [0.5, 0.6) is 0 Å². The molecule has 0 N–H and O–H groups in total. The molecule has 5 heteroatoms. The Bertz CT molecular complexity index is 391. The van der Waals surface area contributed by atoms with Crippen molar-refractivity contribution in [1.29, 1.82) is 0 Å². The molecule has 0 saturated heterocycles. The van der Waals surface area contributed by atoms with E-state index in [0.29, 0.717) is 15.6 Å². The number of ketones is 1. The fourth-order valence-electron chi connectivity index (χ4n) is 0.982. The summed E-state index contributed by atoms with van der Waals surface area (Å²) in [6.45, 7) is 0. The Morgan fingerprint density at radius 2 is 2.20 bits per heavy atom. The van der Waals surface area contributed by atoms with Crippen LogP contribution in [-0.2, 0) is 4.84 Å². The van der Waals surface area contributed by atoms with Gasteiger partial charge in [-0.2, -0.15) is 0 Å². The van der Waals surface area contributed by atoms with Crippen LogP contribution in [0.15, 0.2) is 23.4 Å². The van der Waals surface area contributed by atoms with E-state index in [9.17, 15) is 4.79 Å². The van der Waals surface area contributed by atoms with Crippen molar-refractivity contribution >= 4 is 35.2 Å². The van der Waals surface area contributed by atoms with E-state index in [1.165, 1.54) is 19.4 Å². The van der Waals surface area contributed by atoms with E-state index in [1.807, 2.05) is 0 Å². The Hall–Kier alpha value is -1.06. The van der Waals surface area contributed by atoms with Crippen molar-refractivity contribution in [3.8, 4) is 0 Å². The molecule has 1 aromatic carbocycles. The standard InChI is InChI=1S/C10H9Cl2NO2/c1-15-13-5-4-10(14)7-2-3-8(11)9(12)6-7/h2-3,5-6H,4H2,1H3. The van der Waals surface area contributed by atoms with Crippen LogP contribution in [0.1, 0.15) is 16.8 Å². The number of nitrogens with zero attached hydrogens (tertiary/aromatic N) is 1. The normalized spacial score (nSPS) is 10.6. The summed E-state index contributed by atoms with van der Waals surface area (Å²) < 4.78 is 0. The third kappa shape index (κ3) is 3.53. The number of hydrogen-bond donors (Lipinski definition) is 0. The zero-order chi connectivity index (χ0) is 11.3. The molecule has 0 aromatic heterocycles. The number of benzene rings is 1. The Balaban J connectivity index is 2.74. The minimum atomic E-state index is -0.0885. The summed E-state index contributed by atoms with van der Waals surface area (Å²) in [6.07, 6.45) is 1.57. The fourth-order valence-corrected chi connectivity index (χ4v) is 1.28. The molecule has 80 valence electrons. The highest BCUT2D eigenvalue weighted by molar-refractivity contribution is 6.42. The lowest BCUT2D eigenvalue weighted by molar-refractivity contribution is 0.1000. The first-order chi connectivity index (χ1) is 7.15. The van der Waals surface area contributed by atoms with Crippen LogP contribution in [0.2, 0.25) is 10.0 Å². The van der Waals surface area contributed by atoms with Gasteiger partial charge in [0.1, 0.15) is 7.11 Å². The highest BCUT2D eigenvalue weighted by Gasteiger charge is 2.06. The molecule has 0 saturated carbocycles. The average molecular weight is 246 g/mol. The zero-order valence-corrected chi connectivity index (χ0v) is 9.55. The molecule has 0 aliphatic heterocycles. The molecule has 0 fully saturated rings. The van der Waals surface area contributed by atoms with Crippen LogP contribution in [0.25, 0.3) is 0 Å². The van der Waals surface area contributed by atoms with E-state index in [2.05, 4.69) is 9.99 Å². The average Bonchev–Trinajstić information content (AvgIpc) is 2.22. The number of carbonyl (C=O) groups excluding carboxylic acids is 1. The van der Waals surface area contributed by atoms with Gasteiger partial charge in [0.05, 0.1) is 16.3 Å². The van der Waals surface area contributed by atoms with Crippen LogP contribution in [-0.4, -0.2) is 19.1 Å². The minimum Gasteiger partial charge on any atom is -0.399 e. The van der Waals surface area contributed by atoms with E-state index in [4.69, 9.17) is 23.2 Å². The van der Waals surface area contributed by atoms with Gasteiger partial charge in [0, 0.05) is 12.0 Å². The second-order valence-corrected chi connectivity index (χ2v) is 3.54. The Labute approximate surface area is 97.6 Å². The van der Waals surface area contributed by atoms with E-state index >= 15 is 0 Å². The molecule has 1 aromatic rings. The molecule has 0 amide bonds. The third-order valence-electron chi connectivity index (χ3n) is 1.70. The summed E-state index contributed by atoms with van der Waals surface area (Å²) in [7, 11) is 1.42. The monoisotopic (exact) mass is 245 g/mol. The van der Waals surface area contributed by atoms with E-state index < -0.39 is 0 Å². The maximum atomic E-state index is 11.5. The maximum Gasteiger partial charge on any atom is 0.168 e. The summed E-state index contributed by atoms with van der Waals surface area (Å²) in [6, 6.07) is 4.74. The van der Waals surface area contributed by atoms with E-state index in [1.54, 1.807) is 12.1 Å². The van der Waals surface area contributed by atoms with Crippen LogP contribution in [0.4, 0.5) is 0 Å². The van der Waals surface area contributed by atoms with Crippen molar-refractivity contribution < 1.29 is 9.63 Å². The van der Waals surface area contributed by atoms with Crippen molar-refractivity contribution in [3.63, 3.8) is 0 Å². The quantitative estimate of drug-likeness (QED) is 0.464.